The highest BCUT2D eigenvalue weighted by Crippen LogP contribution is 2.67. The predicted octanol–water partition coefficient (Wildman–Crippen LogP) is 3.21. The zero-order chi connectivity index (χ0) is 28.5. The molecule has 5 rings (SSSR count). The summed E-state index contributed by atoms with van der Waals surface area (Å²) in [7, 11) is -2.16. The summed E-state index contributed by atoms with van der Waals surface area (Å²) < 4.78 is 37.1. The quantitative estimate of drug-likeness (QED) is 0.551. The van der Waals surface area contributed by atoms with Crippen LogP contribution in [-0.4, -0.2) is 81.1 Å². The van der Waals surface area contributed by atoms with E-state index < -0.39 is 43.5 Å². The molecule has 3 aliphatic carbocycles. The summed E-state index contributed by atoms with van der Waals surface area (Å²) in [5.41, 5.74) is -1.10. The molecule has 2 aliphatic heterocycles. The highest BCUT2D eigenvalue weighted by atomic mass is 32.2. The molecule has 0 aromatic carbocycles. The Labute approximate surface area is 233 Å². The van der Waals surface area contributed by atoms with Gasteiger partial charge in [0, 0.05) is 50.1 Å². The molecule has 2 amide bonds. The lowest BCUT2D eigenvalue weighted by Gasteiger charge is -2.66. The van der Waals surface area contributed by atoms with Crippen LogP contribution in [0.2, 0.25) is 0 Å². The lowest BCUT2D eigenvalue weighted by atomic mass is 9.40. The molecular formula is C29H46N2O7S. The van der Waals surface area contributed by atoms with Crippen molar-refractivity contribution in [1.29, 1.82) is 0 Å². The Morgan fingerprint density at radius 2 is 1.79 bits per heavy atom. The van der Waals surface area contributed by atoms with Crippen molar-refractivity contribution < 1.29 is 32.3 Å². The number of alkyl carbamates (subject to hydrolysis) is 1. The number of piperidine rings is 1. The number of rotatable bonds is 4. The Morgan fingerprint density at radius 3 is 2.38 bits per heavy atom. The first-order chi connectivity index (χ1) is 18.2. The maximum Gasteiger partial charge on any atom is 0.414 e. The molecular weight excluding hydrogens is 520 g/mol. The maximum atomic E-state index is 14.2. The van der Waals surface area contributed by atoms with Crippen LogP contribution in [0, 0.1) is 40.4 Å². The van der Waals surface area contributed by atoms with Crippen LogP contribution in [-0.2, 0) is 28.9 Å². The van der Waals surface area contributed by atoms with Gasteiger partial charge in [-0.25, -0.2) is 13.2 Å². The minimum atomic E-state index is -3.86. The van der Waals surface area contributed by atoms with E-state index in [9.17, 15) is 22.8 Å². The molecule has 0 radical (unpaired) electrons. The van der Waals surface area contributed by atoms with Crippen molar-refractivity contribution in [3.05, 3.63) is 0 Å². The third-order valence-corrected chi connectivity index (χ3v) is 14.2. The molecule has 2 saturated heterocycles. The van der Waals surface area contributed by atoms with E-state index in [-0.39, 0.29) is 47.9 Å². The average molecular weight is 567 g/mol. The van der Waals surface area contributed by atoms with Gasteiger partial charge in [-0.15, -0.1) is 0 Å². The second-order valence-corrected chi connectivity index (χ2v) is 16.2. The van der Waals surface area contributed by atoms with Crippen molar-refractivity contribution in [1.82, 2.24) is 10.2 Å². The fourth-order valence-corrected chi connectivity index (χ4v) is 10.5. The van der Waals surface area contributed by atoms with E-state index in [2.05, 4.69) is 24.1 Å². The molecule has 5 aliphatic rings. The summed E-state index contributed by atoms with van der Waals surface area (Å²) in [6.45, 7) is 10.1. The van der Waals surface area contributed by atoms with Gasteiger partial charge in [-0.1, -0.05) is 27.2 Å². The molecule has 2 heterocycles. The number of fused-ring (bicyclic) bond motifs is 2. The number of nitrogens with zero attached hydrogens (tertiary/aromatic N) is 1. The molecule has 3 saturated carbocycles. The van der Waals surface area contributed by atoms with Crippen LogP contribution < -0.4 is 5.32 Å². The molecule has 1 N–H and O–H groups in total. The van der Waals surface area contributed by atoms with Gasteiger partial charge in [-0.3, -0.25) is 14.9 Å². The maximum absolute atomic E-state index is 14.2. The molecule has 220 valence electrons. The van der Waals surface area contributed by atoms with Gasteiger partial charge in [-0.2, -0.15) is 0 Å². The van der Waals surface area contributed by atoms with Crippen LogP contribution in [0.25, 0.3) is 0 Å². The zero-order valence-corrected chi connectivity index (χ0v) is 25.1. The molecule has 9 nitrogen and oxygen atoms in total. The van der Waals surface area contributed by atoms with Crippen LogP contribution in [0.1, 0.15) is 72.6 Å². The van der Waals surface area contributed by atoms with E-state index in [1.165, 1.54) is 6.92 Å². The van der Waals surface area contributed by atoms with Gasteiger partial charge in [0.05, 0.1) is 12.0 Å². The Hall–Kier alpha value is -1.52. The molecule has 10 heteroatoms. The fourth-order valence-electron chi connectivity index (χ4n) is 9.53. The van der Waals surface area contributed by atoms with Gasteiger partial charge in [0.1, 0.15) is 10.9 Å². The van der Waals surface area contributed by atoms with Crippen molar-refractivity contribution in [2.45, 2.75) is 89.6 Å². The molecule has 0 spiro atoms. The normalized spacial score (nSPS) is 47.6. The number of ether oxygens (including phenoxy) is 2. The van der Waals surface area contributed by atoms with Crippen molar-refractivity contribution in [2.24, 2.45) is 40.4 Å². The van der Waals surface area contributed by atoms with Crippen molar-refractivity contribution in [3.8, 4) is 0 Å². The molecule has 4 unspecified atom stereocenters. The molecule has 0 aromatic heterocycles. The second kappa shape index (κ2) is 9.79. The number of amides is 2. The predicted molar refractivity (Wildman–Crippen MR) is 146 cm³/mol. The second-order valence-electron chi connectivity index (χ2n) is 13.8. The first-order valence-electron chi connectivity index (χ1n) is 14.7. The van der Waals surface area contributed by atoms with Crippen molar-refractivity contribution in [2.75, 3.05) is 33.0 Å². The molecule has 5 fully saturated rings. The van der Waals surface area contributed by atoms with Crippen LogP contribution in [0.4, 0.5) is 4.79 Å². The summed E-state index contributed by atoms with van der Waals surface area (Å²) >= 11 is 0. The number of carbonyl (C=O) groups excluding carboxylic acids is 3. The van der Waals surface area contributed by atoms with E-state index in [1.54, 1.807) is 7.11 Å². The van der Waals surface area contributed by atoms with Crippen LogP contribution >= 0.6 is 0 Å². The highest BCUT2D eigenvalue weighted by molar-refractivity contribution is 7.92. The molecule has 39 heavy (non-hydrogen) atoms. The molecule has 11 atom stereocenters. The van der Waals surface area contributed by atoms with E-state index in [0.29, 0.717) is 6.54 Å². The number of nitrogens with one attached hydrogen (secondary N) is 1. The van der Waals surface area contributed by atoms with Gasteiger partial charge in [0.2, 0.25) is 5.91 Å². The van der Waals surface area contributed by atoms with Gasteiger partial charge in [0.25, 0.3) is 0 Å². The first kappa shape index (κ1) is 29.0. The Bertz CT molecular complexity index is 1140. The van der Waals surface area contributed by atoms with Crippen LogP contribution in [0.5, 0.6) is 0 Å². The SMILES string of the molecule is CO[C@@H]1CCCC23CC[C@@H](C)[C@](C)(C12)[C@H](OC(=O)NC(=O)[C@H]1CN2CCC1C2)C[C@@](C)(S(C)(=O)=O)C(=O)[C@@H]3C. The van der Waals surface area contributed by atoms with Crippen molar-refractivity contribution in [3.63, 3.8) is 0 Å². The van der Waals surface area contributed by atoms with E-state index in [1.807, 2.05) is 6.92 Å². The zero-order valence-electron chi connectivity index (χ0n) is 24.3. The molecule has 4 bridgehead atoms. The van der Waals surface area contributed by atoms with E-state index in [4.69, 9.17) is 9.47 Å². The molecule has 0 aromatic rings. The minimum Gasteiger partial charge on any atom is -0.445 e. The smallest absolute Gasteiger partial charge is 0.414 e. The average Bonchev–Trinajstić information content (AvgIpc) is 3.52. The summed E-state index contributed by atoms with van der Waals surface area (Å²) in [5, 5.41) is 2.49. The van der Waals surface area contributed by atoms with Crippen molar-refractivity contribution >= 4 is 27.6 Å². The lowest BCUT2D eigenvalue weighted by Crippen LogP contribution is -2.68. The minimum absolute atomic E-state index is 0.0856. The number of methoxy groups -OCH3 is 1. The van der Waals surface area contributed by atoms with E-state index >= 15 is 0 Å². The largest absolute Gasteiger partial charge is 0.445 e. The lowest BCUT2D eigenvalue weighted by molar-refractivity contribution is -0.217. The first-order valence-corrected chi connectivity index (χ1v) is 16.6. The number of carbonyl (C=O) groups is 3. The number of imide groups is 1. The summed E-state index contributed by atoms with van der Waals surface area (Å²) in [5.74, 6) is -1.13. The Balaban J connectivity index is 1.54. The Kier molecular flexibility index (Phi) is 7.28. The summed E-state index contributed by atoms with van der Waals surface area (Å²) in [6.07, 6.45) is 4.23. The van der Waals surface area contributed by atoms with Crippen LogP contribution in [0.15, 0.2) is 0 Å². The monoisotopic (exact) mass is 566 g/mol. The van der Waals surface area contributed by atoms with E-state index in [0.717, 1.165) is 57.9 Å². The fraction of sp³-hybridized carbons (Fsp3) is 0.897. The summed E-state index contributed by atoms with van der Waals surface area (Å²) in [4.78, 5) is 42.9. The number of sulfone groups is 1. The standard InChI is InChI=1S/C29H46N2O7S/c1-17-9-12-29-11-7-8-21(37-5)23(29)28(17,4)22(14-27(3,39(6,35)36)24(32)18(29)2)38-26(34)30-25(33)20-16-31-13-10-19(20)15-31/h17-23H,7-16H2,1-6H3,(H,30,33,34)/t17-,18+,19?,20+,21-,22-,23?,27-,28+,29?/m1/s1. The van der Waals surface area contributed by atoms with Gasteiger partial charge in [-0.05, 0) is 62.8 Å². The topological polar surface area (TPSA) is 119 Å². The third-order valence-electron chi connectivity index (χ3n) is 12.2. The van der Waals surface area contributed by atoms with Crippen LogP contribution in [0.3, 0.4) is 0 Å². The summed E-state index contributed by atoms with van der Waals surface area (Å²) in [6, 6.07) is 0. The number of hydrogen-bond acceptors (Lipinski definition) is 8. The number of Topliss-reactive ketones (excluding diaryl/α,β-unsaturated/α-hetero) is 1. The highest BCUT2D eigenvalue weighted by Gasteiger charge is 2.68. The number of hydrogen-bond donors (Lipinski definition) is 1. The van der Waals surface area contributed by atoms with Gasteiger partial charge in [0.15, 0.2) is 15.6 Å². The number of ketones is 1. The van der Waals surface area contributed by atoms with Gasteiger partial charge >= 0.3 is 6.09 Å². The Morgan fingerprint density at radius 1 is 1.08 bits per heavy atom. The third kappa shape index (κ3) is 4.30. The van der Waals surface area contributed by atoms with Gasteiger partial charge < -0.3 is 14.4 Å².